The number of carbonyl (C=O) groups excluding carboxylic acids is 1. The molecule has 3 rings (SSSR count). The second kappa shape index (κ2) is 8.81. The van der Waals surface area contributed by atoms with Crippen molar-refractivity contribution < 1.29 is 17.6 Å². The molecule has 28 heavy (non-hydrogen) atoms. The molecule has 0 aliphatic rings. The number of hydrogen-bond acceptors (Lipinski definition) is 5. The van der Waals surface area contributed by atoms with Crippen molar-refractivity contribution in [3.05, 3.63) is 84.1 Å². The minimum absolute atomic E-state index is 0.0347. The molecule has 8 heteroatoms. The van der Waals surface area contributed by atoms with Gasteiger partial charge in [0.15, 0.2) is 0 Å². The molecule has 146 valence electrons. The van der Waals surface area contributed by atoms with Crippen molar-refractivity contribution in [1.82, 2.24) is 14.6 Å². The van der Waals surface area contributed by atoms with Gasteiger partial charge in [-0.25, -0.2) is 13.1 Å². The number of benzene rings is 1. The Balaban J connectivity index is 1.66. The van der Waals surface area contributed by atoms with E-state index in [4.69, 9.17) is 4.42 Å². The summed E-state index contributed by atoms with van der Waals surface area (Å²) < 4.78 is 32.6. The molecule has 0 bridgehead atoms. The predicted molar refractivity (Wildman–Crippen MR) is 104 cm³/mol. The van der Waals surface area contributed by atoms with Gasteiger partial charge >= 0.3 is 0 Å². The summed E-state index contributed by atoms with van der Waals surface area (Å²) in [4.78, 5) is 18.2. The van der Waals surface area contributed by atoms with Crippen LogP contribution in [0.3, 0.4) is 0 Å². The third-order valence-electron chi connectivity index (χ3n) is 4.24. The van der Waals surface area contributed by atoms with Crippen LogP contribution in [0.2, 0.25) is 0 Å². The van der Waals surface area contributed by atoms with Crippen molar-refractivity contribution >= 4 is 15.9 Å². The molecule has 0 aliphatic carbocycles. The lowest BCUT2D eigenvalue weighted by Gasteiger charge is -2.17. The van der Waals surface area contributed by atoms with Crippen molar-refractivity contribution in [3.63, 3.8) is 0 Å². The molecular weight excluding hydrogens is 378 g/mol. The Morgan fingerprint density at radius 1 is 1.14 bits per heavy atom. The van der Waals surface area contributed by atoms with Crippen LogP contribution in [-0.4, -0.2) is 37.8 Å². The highest BCUT2D eigenvalue weighted by molar-refractivity contribution is 7.89. The van der Waals surface area contributed by atoms with E-state index in [-0.39, 0.29) is 17.3 Å². The average molecular weight is 399 g/mol. The molecule has 0 fully saturated rings. The maximum atomic E-state index is 12.7. The Hall–Kier alpha value is -2.97. The second-order valence-electron chi connectivity index (χ2n) is 6.26. The van der Waals surface area contributed by atoms with E-state index in [9.17, 15) is 13.2 Å². The number of rotatable bonds is 8. The van der Waals surface area contributed by atoms with E-state index in [1.54, 1.807) is 48.6 Å². The first kappa shape index (κ1) is 19.8. The van der Waals surface area contributed by atoms with Crippen LogP contribution in [0.1, 0.15) is 21.7 Å². The van der Waals surface area contributed by atoms with Gasteiger partial charge in [0.05, 0.1) is 17.7 Å². The van der Waals surface area contributed by atoms with Crippen molar-refractivity contribution in [2.24, 2.45) is 0 Å². The summed E-state index contributed by atoms with van der Waals surface area (Å²) in [6.45, 7) is 0.551. The number of carbonyl (C=O) groups is 1. The predicted octanol–water partition coefficient (Wildman–Crippen LogP) is 2.47. The molecule has 0 unspecified atom stereocenters. The summed E-state index contributed by atoms with van der Waals surface area (Å²) in [5.74, 6) is 0.267. The van der Waals surface area contributed by atoms with Gasteiger partial charge in [-0.1, -0.05) is 6.07 Å². The van der Waals surface area contributed by atoms with E-state index in [0.717, 1.165) is 5.56 Å². The largest absolute Gasteiger partial charge is 0.468 e. The average Bonchev–Trinajstić information content (AvgIpc) is 3.25. The Labute approximate surface area is 164 Å². The fourth-order valence-corrected chi connectivity index (χ4v) is 3.67. The first-order valence-corrected chi connectivity index (χ1v) is 10.2. The van der Waals surface area contributed by atoms with E-state index in [2.05, 4.69) is 9.71 Å². The van der Waals surface area contributed by atoms with Crippen molar-refractivity contribution in [2.75, 3.05) is 13.6 Å². The topological polar surface area (TPSA) is 92.5 Å². The van der Waals surface area contributed by atoms with Gasteiger partial charge in [0.1, 0.15) is 5.76 Å². The molecule has 0 radical (unpaired) electrons. The molecule has 1 amide bonds. The number of likely N-dealkylation sites (N-methyl/N-ethyl adjacent to an activating group) is 1. The zero-order valence-electron chi connectivity index (χ0n) is 15.4. The van der Waals surface area contributed by atoms with Gasteiger partial charge in [0, 0.05) is 31.5 Å². The summed E-state index contributed by atoms with van der Waals surface area (Å²) in [5, 5.41) is 0. The molecule has 0 saturated carbocycles. The first-order chi connectivity index (χ1) is 13.5. The second-order valence-corrected chi connectivity index (χ2v) is 8.03. The number of nitrogens with zero attached hydrogens (tertiary/aromatic N) is 2. The summed E-state index contributed by atoms with van der Waals surface area (Å²) in [5.41, 5.74) is 1.39. The Bertz CT molecular complexity index is 1020. The van der Waals surface area contributed by atoms with Gasteiger partial charge in [0.2, 0.25) is 10.0 Å². The van der Waals surface area contributed by atoms with Crippen LogP contribution in [0.25, 0.3) is 0 Å². The third-order valence-corrected chi connectivity index (χ3v) is 5.64. The van der Waals surface area contributed by atoms with Crippen LogP contribution in [-0.2, 0) is 23.0 Å². The monoisotopic (exact) mass is 399 g/mol. The number of pyridine rings is 1. The lowest BCUT2D eigenvalue weighted by atomic mass is 10.1. The van der Waals surface area contributed by atoms with E-state index >= 15 is 0 Å². The summed E-state index contributed by atoms with van der Waals surface area (Å²) in [7, 11) is -2.07. The number of hydrogen-bond donors (Lipinski definition) is 1. The third kappa shape index (κ3) is 5.05. The highest BCUT2D eigenvalue weighted by Crippen LogP contribution is 2.14. The molecule has 3 aromatic rings. The maximum Gasteiger partial charge on any atom is 0.253 e. The van der Waals surface area contributed by atoms with E-state index < -0.39 is 10.0 Å². The highest BCUT2D eigenvalue weighted by atomic mass is 32.2. The summed E-state index contributed by atoms with van der Waals surface area (Å²) in [6.07, 6.45) is 5.58. The molecule has 0 spiro atoms. The van der Waals surface area contributed by atoms with Crippen LogP contribution in [0.5, 0.6) is 0 Å². The summed E-state index contributed by atoms with van der Waals surface area (Å²) in [6, 6.07) is 13.2. The standard InChI is InChI=1S/C20H21N3O4S/c1-23(12-9-16-7-10-21-11-8-16)20(24)17-4-2-6-19(14-17)28(25,26)22-15-18-5-3-13-27-18/h2-8,10-11,13-14,22H,9,12,15H2,1H3. The minimum atomic E-state index is -3.76. The SMILES string of the molecule is CN(CCc1ccncc1)C(=O)c1cccc(S(=O)(=O)NCc2ccco2)c1. The molecule has 0 atom stereocenters. The Kier molecular flexibility index (Phi) is 6.23. The number of aromatic nitrogens is 1. The molecule has 1 aromatic carbocycles. The van der Waals surface area contributed by atoms with Crippen molar-refractivity contribution in [2.45, 2.75) is 17.9 Å². The van der Waals surface area contributed by atoms with Crippen LogP contribution < -0.4 is 4.72 Å². The Morgan fingerprint density at radius 3 is 2.64 bits per heavy atom. The molecule has 0 saturated heterocycles. The molecule has 0 aliphatic heterocycles. The van der Waals surface area contributed by atoms with Gasteiger partial charge in [-0.3, -0.25) is 9.78 Å². The van der Waals surface area contributed by atoms with Gasteiger partial charge < -0.3 is 9.32 Å². The number of sulfonamides is 1. The molecule has 1 N–H and O–H groups in total. The van der Waals surface area contributed by atoms with Gasteiger partial charge in [-0.15, -0.1) is 0 Å². The van der Waals surface area contributed by atoms with Gasteiger partial charge in [-0.2, -0.15) is 0 Å². The van der Waals surface area contributed by atoms with Crippen LogP contribution >= 0.6 is 0 Å². The summed E-state index contributed by atoms with van der Waals surface area (Å²) >= 11 is 0. The quantitative estimate of drug-likeness (QED) is 0.628. The normalized spacial score (nSPS) is 11.3. The van der Waals surface area contributed by atoms with E-state index in [1.165, 1.54) is 18.4 Å². The van der Waals surface area contributed by atoms with Crippen molar-refractivity contribution in [1.29, 1.82) is 0 Å². The lowest BCUT2D eigenvalue weighted by molar-refractivity contribution is 0.0796. The molecule has 7 nitrogen and oxygen atoms in total. The van der Waals surface area contributed by atoms with E-state index in [0.29, 0.717) is 24.3 Å². The van der Waals surface area contributed by atoms with Gasteiger partial charge in [0.25, 0.3) is 5.91 Å². The van der Waals surface area contributed by atoms with Gasteiger partial charge in [-0.05, 0) is 54.4 Å². The van der Waals surface area contributed by atoms with E-state index in [1.807, 2.05) is 12.1 Å². The maximum absolute atomic E-state index is 12.7. The fraction of sp³-hybridized carbons (Fsp3) is 0.200. The minimum Gasteiger partial charge on any atom is -0.468 e. The zero-order chi connectivity index (χ0) is 20.0. The fourth-order valence-electron chi connectivity index (χ4n) is 2.63. The lowest BCUT2D eigenvalue weighted by Crippen LogP contribution is -2.29. The zero-order valence-corrected chi connectivity index (χ0v) is 16.2. The van der Waals surface area contributed by atoms with Crippen LogP contribution in [0.4, 0.5) is 0 Å². The smallest absolute Gasteiger partial charge is 0.253 e. The Morgan fingerprint density at radius 2 is 1.93 bits per heavy atom. The highest BCUT2D eigenvalue weighted by Gasteiger charge is 2.18. The van der Waals surface area contributed by atoms with Crippen LogP contribution in [0, 0.1) is 0 Å². The number of nitrogens with one attached hydrogen (secondary N) is 1. The number of amides is 1. The molecular formula is C20H21N3O4S. The van der Waals surface area contributed by atoms with Crippen LogP contribution in [0.15, 0.2) is 76.5 Å². The molecule has 2 aromatic heterocycles. The molecule has 2 heterocycles. The van der Waals surface area contributed by atoms with Crippen molar-refractivity contribution in [3.8, 4) is 0 Å². The number of furan rings is 1. The first-order valence-electron chi connectivity index (χ1n) is 8.72.